The van der Waals surface area contributed by atoms with Gasteiger partial charge in [-0.3, -0.25) is 24.3 Å². The Morgan fingerprint density at radius 1 is 1.10 bits per heavy atom. The maximum Gasteiger partial charge on any atom is 0.320 e. The number of benzene rings is 2. The summed E-state index contributed by atoms with van der Waals surface area (Å²) in [4.78, 5) is 22.8. The standard InChI is InChI=1S/C20H21N5O5S/c1-12-9-13(2)18(14(3)10-12)23-31(29,30)16-7-5-15(6-8-16)22-20(26)19-17(25(27)28)11-21-24(19)4/h5-11,23H,1-4H3,(H,22,26). The van der Waals surface area contributed by atoms with Crippen molar-refractivity contribution in [2.45, 2.75) is 25.7 Å². The van der Waals surface area contributed by atoms with Crippen LogP contribution in [0.2, 0.25) is 0 Å². The highest BCUT2D eigenvalue weighted by molar-refractivity contribution is 7.92. The quantitative estimate of drug-likeness (QED) is 0.443. The van der Waals surface area contributed by atoms with Crippen LogP contribution in [0, 0.1) is 30.9 Å². The lowest BCUT2D eigenvalue weighted by molar-refractivity contribution is -0.385. The molecule has 0 aliphatic rings. The Labute approximate surface area is 179 Å². The van der Waals surface area contributed by atoms with E-state index in [9.17, 15) is 23.3 Å². The number of aryl methyl sites for hydroxylation is 4. The van der Waals surface area contributed by atoms with E-state index in [0.717, 1.165) is 27.6 Å². The lowest BCUT2D eigenvalue weighted by Gasteiger charge is -2.14. The Kier molecular flexibility index (Phi) is 5.80. The fraction of sp³-hybridized carbons (Fsp3) is 0.200. The van der Waals surface area contributed by atoms with E-state index < -0.39 is 26.5 Å². The second kappa shape index (κ2) is 8.19. The molecule has 0 aliphatic carbocycles. The molecule has 0 unspecified atom stereocenters. The van der Waals surface area contributed by atoms with Gasteiger partial charge in [0.2, 0.25) is 5.69 Å². The number of rotatable bonds is 6. The monoisotopic (exact) mass is 443 g/mol. The fourth-order valence-corrected chi connectivity index (χ4v) is 4.47. The van der Waals surface area contributed by atoms with Gasteiger partial charge in [0.05, 0.1) is 15.5 Å². The highest BCUT2D eigenvalue weighted by Crippen LogP contribution is 2.26. The highest BCUT2D eigenvalue weighted by atomic mass is 32.2. The lowest BCUT2D eigenvalue weighted by Crippen LogP contribution is -2.18. The summed E-state index contributed by atoms with van der Waals surface area (Å²) in [6.45, 7) is 5.59. The van der Waals surface area contributed by atoms with E-state index in [1.165, 1.54) is 31.3 Å². The molecule has 0 radical (unpaired) electrons. The van der Waals surface area contributed by atoms with Crippen molar-refractivity contribution in [2.75, 3.05) is 10.0 Å². The highest BCUT2D eigenvalue weighted by Gasteiger charge is 2.25. The van der Waals surface area contributed by atoms with Crippen LogP contribution in [0.4, 0.5) is 17.1 Å². The Balaban J connectivity index is 1.81. The Bertz CT molecular complexity index is 1260. The molecule has 0 fully saturated rings. The normalized spacial score (nSPS) is 11.2. The average molecular weight is 443 g/mol. The molecule has 3 aromatic rings. The van der Waals surface area contributed by atoms with Gasteiger partial charge in [0.25, 0.3) is 15.9 Å². The minimum atomic E-state index is -3.85. The second-order valence-electron chi connectivity index (χ2n) is 7.12. The number of hydrogen-bond donors (Lipinski definition) is 2. The van der Waals surface area contributed by atoms with E-state index in [4.69, 9.17) is 0 Å². The first-order valence-electron chi connectivity index (χ1n) is 9.18. The van der Waals surface area contributed by atoms with Crippen molar-refractivity contribution in [3.8, 4) is 0 Å². The molecule has 1 aromatic heterocycles. The number of carbonyl (C=O) groups excluding carboxylic acids is 1. The molecule has 162 valence electrons. The first-order chi connectivity index (χ1) is 14.5. The van der Waals surface area contributed by atoms with Crippen molar-refractivity contribution in [1.29, 1.82) is 0 Å². The van der Waals surface area contributed by atoms with Gasteiger partial charge in [-0.25, -0.2) is 8.42 Å². The number of amides is 1. The predicted molar refractivity (Wildman–Crippen MR) is 116 cm³/mol. The van der Waals surface area contributed by atoms with Gasteiger partial charge in [0, 0.05) is 12.7 Å². The third-order valence-electron chi connectivity index (χ3n) is 4.67. The summed E-state index contributed by atoms with van der Waals surface area (Å²) < 4.78 is 29.3. The van der Waals surface area contributed by atoms with Crippen LogP contribution < -0.4 is 10.0 Å². The van der Waals surface area contributed by atoms with Crippen LogP contribution in [0.25, 0.3) is 0 Å². The summed E-state index contributed by atoms with van der Waals surface area (Å²) in [5, 5.41) is 17.3. The molecule has 0 saturated heterocycles. The van der Waals surface area contributed by atoms with Crippen LogP contribution in [0.5, 0.6) is 0 Å². The number of aromatic nitrogens is 2. The smallest absolute Gasteiger partial charge is 0.320 e. The third kappa shape index (κ3) is 4.56. The third-order valence-corrected chi connectivity index (χ3v) is 6.03. The number of sulfonamides is 1. The summed E-state index contributed by atoms with van der Waals surface area (Å²) in [5.41, 5.74) is 2.81. The van der Waals surface area contributed by atoms with Gasteiger partial charge in [-0.05, 0) is 56.2 Å². The van der Waals surface area contributed by atoms with Gasteiger partial charge in [0.15, 0.2) is 0 Å². The van der Waals surface area contributed by atoms with Gasteiger partial charge in [-0.1, -0.05) is 17.7 Å². The molecular formula is C20H21N5O5S. The van der Waals surface area contributed by atoms with E-state index in [1.54, 1.807) is 0 Å². The van der Waals surface area contributed by atoms with E-state index in [2.05, 4.69) is 15.1 Å². The van der Waals surface area contributed by atoms with Crippen molar-refractivity contribution in [2.24, 2.45) is 7.05 Å². The van der Waals surface area contributed by atoms with Crippen LogP contribution >= 0.6 is 0 Å². The van der Waals surface area contributed by atoms with Gasteiger partial charge in [-0.15, -0.1) is 0 Å². The minimum absolute atomic E-state index is 0.0105. The van der Waals surface area contributed by atoms with E-state index in [-0.39, 0.29) is 16.3 Å². The number of anilines is 2. The van der Waals surface area contributed by atoms with Crippen molar-refractivity contribution in [3.63, 3.8) is 0 Å². The molecule has 0 aliphatic heterocycles. The number of carbonyl (C=O) groups is 1. The number of hydrogen-bond acceptors (Lipinski definition) is 6. The van der Waals surface area contributed by atoms with Gasteiger partial charge in [0.1, 0.15) is 6.20 Å². The number of nitro groups is 1. The molecule has 0 saturated carbocycles. The molecule has 2 N–H and O–H groups in total. The predicted octanol–water partition coefficient (Wildman–Crippen LogP) is 3.31. The molecule has 10 nitrogen and oxygen atoms in total. The molecule has 3 rings (SSSR count). The van der Waals surface area contributed by atoms with Crippen LogP contribution in [0.1, 0.15) is 27.2 Å². The zero-order valence-corrected chi connectivity index (χ0v) is 18.1. The molecule has 0 atom stereocenters. The van der Waals surface area contributed by atoms with Gasteiger partial charge < -0.3 is 5.32 Å². The molecule has 31 heavy (non-hydrogen) atoms. The summed E-state index contributed by atoms with van der Waals surface area (Å²) in [6, 6.07) is 9.28. The molecule has 0 spiro atoms. The topological polar surface area (TPSA) is 136 Å². The average Bonchev–Trinajstić information content (AvgIpc) is 3.07. The summed E-state index contributed by atoms with van der Waals surface area (Å²) in [7, 11) is -2.44. The molecule has 1 amide bonds. The molecule has 11 heteroatoms. The van der Waals surface area contributed by atoms with Crippen molar-refractivity contribution in [1.82, 2.24) is 9.78 Å². The van der Waals surface area contributed by atoms with Gasteiger partial charge in [-0.2, -0.15) is 5.10 Å². The van der Waals surface area contributed by atoms with Crippen molar-refractivity contribution in [3.05, 3.63) is 75.1 Å². The van der Waals surface area contributed by atoms with Crippen LogP contribution in [-0.2, 0) is 17.1 Å². The molecule has 0 bridgehead atoms. The summed E-state index contributed by atoms with van der Waals surface area (Å²) in [6.07, 6.45) is 0.991. The number of nitrogens with zero attached hydrogens (tertiary/aromatic N) is 3. The van der Waals surface area contributed by atoms with Crippen molar-refractivity contribution < 1.29 is 18.1 Å². The molecular weight excluding hydrogens is 422 g/mol. The zero-order valence-electron chi connectivity index (χ0n) is 17.3. The second-order valence-corrected chi connectivity index (χ2v) is 8.80. The van der Waals surface area contributed by atoms with Crippen LogP contribution in [-0.4, -0.2) is 29.0 Å². The van der Waals surface area contributed by atoms with E-state index >= 15 is 0 Å². The first-order valence-corrected chi connectivity index (χ1v) is 10.7. The summed E-state index contributed by atoms with van der Waals surface area (Å²) in [5.74, 6) is -0.730. The number of nitrogens with one attached hydrogen (secondary N) is 2. The Morgan fingerprint density at radius 2 is 1.68 bits per heavy atom. The fourth-order valence-electron chi connectivity index (χ4n) is 3.26. The molecule has 1 heterocycles. The zero-order chi connectivity index (χ0) is 22.9. The van der Waals surface area contributed by atoms with E-state index in [1.807, 2.05) is 32.9 Å². The SMILES string of the molecule is Cc1cc(C)c(NS(=O)(=O)c2ccc(NC(=O)c3c([N+](=O)[O-])cnn3C)cc2)c(C)c1. The first kappa shape index (κ1) is 22.0. The maximum atomic E-state index is 12.8. The maximum absolute atomic E-state index is 12.8. The van der Waals surface area contributed by atoms with Crippen LogP contribution in [0.15, 0.2) is 47.5 Å². The largest absolute Gasteiger partial charge is 0.320 e. The van der Waals surface area contributed by atoms with E-state index in [0.29, 0.717) is 5.69 Å². The van der Waals surface area contributed by atoms with Gasteiger partial charge >= 0.3 is 5.69 Å². The van der Waals surface area contributed by atoms with Crippen LogP contribution in [0.3, 0.4) is 0 Å². The van der Waals surface area contributed by atoms with Crippen molar-refractivity contribution >= 4 is 33.0 Å². The molecule has 2 aromatic carbocycles. The Hall–Kier alpha value is -3.73. The summed E-state index contributed by atoms with van der Waals surface area (Å²) >= 11 is 0. The lowest BCUT2D eigenvalue weighted by atomic mass is 10.1. The minimum Gasteiger partial charge on any atom is -0.320 e. The Morgan fingerprint density at radius 3 is 2.23 bits per heavy atom.